The van der Waals surface area contributed by atoms with Crippen molar-refractivity contribution >= 4 is 33.2 Å². The van der Waals surface area contributed by atoms with Gasteiger partial charge in [-0.2, -0.15) is 0 Å². The normalized spacial score (nSPS) is 10.5. The summed E-state index contributed by atoms with van der Waals surface area (Å²) in [6.45, 7) is 2.41. The highest BCUT2D eigenvalue weighted by atomic mass is 79.9. The smallest absolute Gasteiger partial charge is 0.255 e. The number of carbonyl (C=O) groups is 1. The van der Waals surface area contributed by atoms with Crippen LogP contribution in [0.1, 0.15) is 20.9 Å². The van der Waals surface area contributed by atoms with E-state index in [1.165, 1.54) is 29.5 Å². The van der Waals surface area contributed by atoms with Crippen molar-refractivity contribution in [3.05, 3.63) is 50.1 Å². The minimum atomic E-state index is -0.371. The van der Waals surface area contributed by atoms with Gasteiger partial charge in [-0.15, -0.1) is 11.3 Å². The fraction of sp³-hybridized carbons (Fsp3) is 0.231. The van der Waals surface area contributed by atoms with Crippen molar-refractivity contribution in [1.29, 1.82) is 0 Å². The van der Waals surface area contributed by atoms with Crippen molar-refractivity contribution in [1.82, 2.24) is 9.88 Å². The molecule has 2 aromatic rings. The highest BCUT2D eigenvalue weighted by Crippen LogP contribution is 2.21. The summed E-state index contributed by atoms with van der Waals surface area (Å²) in [6.07, 6.45) is 0. The quantitative estimate of drug-likeness (QED) is 0.853. The second-order valence-electron chi connectivity index (χ2n) is 4.15. The molecule has 0 saturated carbocycles. The summed E-state index contributed by atoms with van der Waals surface area (Å²) < 4.78 is 13.5. The molecule has 0 aliphatic heterocycles. The monoisotopic (exact) mass is 342 g/mol. The Kier molecular flexibility index (Phi) is 4.31. The molecule has 19 heavy (non-hydrogen) atoms. The Bertz CT molecular complexity index is 614. The molecule has 0 N–H and O–H groups in total. The molecule has 0 unspecified atom stereocenters. The van der Waals surface area contributed by atoms with Crippen LogP contribution in [0.25, 0.3) is 0 Å². The zero-order chi connectivity index (χ0) is 14.0. The van der Waals surface area contributed by atoms with Gasteiger partial charge in [0.15, 0.2) is 0 Å². The van der Waals surface area contributed by atoms with Crippen LogP contribution in [0.2, 0.25) is 0 Å². The van der Waals surface area contributed by atoms with Crippen LogP contribution >= 0.6 is 27.3 Å². The van der Waals surface area contributed by atoms with E-state index in [-0.39, 0.29) is 11.7 Å². The van der Waals surface area contributed by atoms with Gasteiger partial charge in [0, 0.05) is 16.4 Å². The van der Waals surface area contributed by atoms with Crippen LogP contribution in [0.3, 0.4) is 0 Å². The molecule has 6 heteroatoms. The SMILES string of the molecule is Cc1ncsc1CN(C)C(=O)c1ccc(F)cc1Br. The molecule has 0 aliphatic carbocycles. The zero-order valence-corrected chi connectivity index (χ0v) is 12.9. The lowest BCUT2D eigenvalue weighted by atomic mass is 10.2. The minimum Gasteiger partial charge on any atom is -0.336 e. The van der Waals surface area contributed by atoms with E-state index in [1.807, 2.05) is 6.92 Å². The maximum Gasteiger partial charge on any atom is 0.255 e. The molecule has 1 aromatic heterocycles. The Morgan fingerprint density at radius 1 is 1.53 bits per heavy atom. The summed E-state index contributed by atoms with van der Waals surface area (Å²) in [4.78, 5) is 19.1. The highest BCUT2D eigenvalue weighted by molar-refractivity contribution is 9.10. The first kappa shape index (κ1) is 14.1. The van der Waals surface area contributed by atoms with E-state index in [4.69, 9.17) is 0 Å². The van der Waals surface area contributed by atoms with Crippen LogP contribution in [-0.4, -0.2) is 22.8 Å². The Balaban J connectivity index is 2.17. The largest absolute Gasteiger partial charge is 0.336 e. The van der Waals surface area contributed by atoms with E-state index in [9.17, 15) is 9.18 Å². The third-order valence-corrected chi connectivity index (χ3v) is 4.31. The maximum absolute atomic E-state index is 13.0. The van der Waals surface area contributed by atoms with Crippen molar-refractivity contribution in [2.24, 2.45) is 0 Å². The summed E-state index contributed by atoms with van der Waals surface area (Å²) in [7, 11) is 1.72. The standard InChI is InChI=1S/C13H12BrFN2OS/c1-8-12(19-7-16-8)6-17(2)13(18)10-4-3-9(15)5-11(10)14/h3-5,7H,6H2,1-2H3. The maximum atomic E-state index is 13.0. The first-order chi connectivity index (χ1) is 8.99. The molecule has 1 amide bonds. The lowest BCUT2D eigenvalue weighted by Crippen LogP contribution is -2.26. The topological polar surface area (TPSA) is 33.2 Å². The van der Waals surface area contributed by atoms with Crippen LogP contribution in [0.5, 0.6) is 0 Å². The van der Waals surface area contributed by atoms with Gasteiger partial charge in [0.25, 0.3) is 5.91 Å². The van der Waals surface area contributed by atoms with Gasteiger partial charge in [-0.1, -0.05) is 0 Å². The molecule has 100 valence electrons. The fourth-order valence-corrected chi connectivity index (χ4v) is 2.98. The second-order valence-corrected chi connectivity index (χ2v) is 5.94. The molecule has 0 saturated heterocycles. The number of aryl methyl sites for hydroxylation is 1. The van der Waals surface area contributed by atoms with E-state index in [2.05, 4.69) is 20.9 Å². The molecule has 0 spiro atoms. The number of hydrogen-bond acceptors (Lipinski definition) is 3. The number of hydrogen-bond donors (Lipinski definition) is 0. The van der Waals surface area contributed by atoms with Crippen LogP contribution in [0.4, 0.5) is 4.39 Å². The molecule has 3 nitrogen and oxygen atoms in total. The van der Waals surface area contributed by atoms with Crippen molar-refractivity contribution in [2.75, 3.05) is 7.05 Å². The number of thiazole rings is 1. The van der Waals surface area contributed by atoms with Gasteiger partial charge in [-0.3, -0.25) is 4.79 Å². The molecule has 0 aliphatic rings. The molecule has 0 bridgehead atoms. The summed E-state index contributed by atoms with van der Waals surface area (Å²) in [5, 5.41) is 0. The van der Waals surface area contributed by atoms with E-state index >= 15 is 0 Å². The molecule has 1 aromatic carbocycles. The summed E-state index contributed by atoms with van der Waals surface area (Å²) in [6, 6.07) is 4.06. The lowest BCUT2D eigenvalue weighted by Gasteiger charge is -2.17. The van der Waals surface area contributed by atoms with Gasteiger partial charge < -0.3 is 4.90 Å². The Labute approximate surface area is 123 Å². The molecule has 1 heterocycles. The molecule has 0 atom stereocenters. The van der Waals surface area contributed by atoms with Crippen LogP contribution in [-0.2, 0) is 6.54 Å². The first-order valence-corrected chi connectivity index (χ1v) is 7.26. The lowest BCUT2D eigenvalue weighted by molar-refractivity contribution is 0.0785. The number of halogens is 2. The van der Waals surface area contributed by atoms with Gasteiger partial charge in [-0.25, -0.2) is 9.37 Å². The number of aromatic nitrogens is 1. The van der Waals surface area contributed by atoms with E-state index in [1.54, 1.807) is 17.5 Å². The summed E-state index contributed by atoms with van der Waals surface area (Å²) in [5.41, 5.74) is 3.14. The predicted octanol–water partition coefficient (Wildman–Crippen LogP) is 3.63. The molecular formula is C13H12BrFN2OS. The van der Waals surface area contributed by atoms with E-state index in [0.717, 1.165) is 10.6 Å². The average Bonchev–Trinajstić information content (AvgIpc) is 2.74. The fourth-order valence-electron chi connectivity index (χ4n) is 1.63. The van der Waals surface area contributed by atoms with E-state index in [0.29, 0.717) is 16.6 Å². The van der Waals surface area contributed by atoms with Crippen molar-refractivity contribution in [2.45, 2.75) is 13.5 Å². The van der Waals surface area contributed by atoms with Gasteiger partial charge in [0.1, 0.15) is 5.82 Å². The summed E-state index contributed by atoms with van der Waals surface area (Å²) in [5.74, 6) is -0.524. The van der Waals surface area contributed by atoms with Crippen molar-refractivity contribution in [3.63, 3.8) is 0 Å². The Morgan fingerprint density at radius 2 is 2.26 bits per heavy atom. The van der Waals surface area contributed by atoms with Gasteiger partial charge in [0.05, 0.1) is 23.3 Å². The van der Waals surface area contributed by atoms with Crippen molar-refractivity contribution < 1.29 is 9.18 Å². The average molecular weight is 343 g/mol. The third-order valence-electron chi connectivity index (χ3n) is 2.73. The van der Waals surface area contributed by atoms with Gasteiger partial charge in [0.2, 0.25) is 0 Å². The Morgan fingerprint density at radius 3 is 2.84 bits per heavy atom. The predicted molar refractivity (Wildman–Crippen MR) is 76.7 cm³/mol. The summed E-state index contributed by atoms with van der Waals surface area (Å²) >= 11 is 4.73. The van der Waals surface area contributed by atoms with Gasteiger partial charge in [-0.05, 0) is 41.1 Å². The number of carbonyl (C=O) groups excluding carboxylic acids is 1. The number of amides is 1. The molecular weight excluding hydrogens is 331 g/mol. The molecule has 0 radical (unpaired) electrons. The van der Waals surface area contributed by atoms with Crippen LogP contribution in [0.15, 0.2) is 28.2 Å². The molecule has 2 rings (SSSR count). The number of benzene rings is 1. The van der Waals surface area contributed by atoms with Gasteiger partial charge >= 0.3 is 0 Å². The highest BCUT2D eigenvalue weighted by Gasteiger charge is 2.16. The van der Waals surface area contributed by atoms with Crippen LogP contribution < -0.4 is 0 Å². The second kappa shape index (κ2) is 5.79. The van der Waals surface area contributed by atoms with E-state index < -0.39 is 0 Å². The third kappa shape index (κ3) is 3.19. The zero-order valence-electron chi connectivity index (χ0n) is 10.5. The van der Waals surface area contributed by atoms with Crippen LogP contribution in [0, 0.1) is 12.7 Å². The number of rotatable bonds is 3. The first-order valence-electron chi connectivity index (χ1n) is 5.58. The minimum absolute atomic E-state index is 0.153. The van der Waals surface area contributed by atoms with Crippen molar-refractivity contribution in [3.8, 4) is 0 Å². The molecule has 0 fully saturated rings. The Hall–Kier alpha value is -1.27. The number of nitrogens with zero attached hydrogens (tertiary/aromatic N) is 2.